The van der Waals surface area contributed by atoms with Crippen LogP contribution in [0, 0.1) is 0 Å². The number of benzene rings is 2. The zero-order chi connectivity index (χ0) is 23.4. The first-order valence-corrected chi connectivity index (χ1v) is 10.3. The topological polar surface area (TPSA) is 90.1 Å². The van der Waals surface area contributed by atoms with Gasteiger partial charge >= 0.3 is 0 Å². The molecule has 1 aliphatic heterocycles. The molecule has 2 aromatic carbocycles. The largest absolute Gasteiger partial charge is 0.495 e. The fourth-order valence-corrected chi connectivity index (χ4v) is 4.02. The Kier molecular flexibility index (Phi) is 7.32. The number of nitrogens with one attached hydrogen (secondary N) is 3. The summed E-state index contributed by atoms with van der Waals surface area (Å²) >= 11 is 11.5. The summed E-state index contributed by atoms with van der Waals surface area (Å²) < 4.78 is 21.6. The number of halogens is 1. The molecule has 0 aliphatic carbocycles. The first-order chi connectivity index (χ1) is 15.3. The van der Waals surface area contributed by atoms with Crippen molar-refractivity contribution in [3.8, 4) is 23.0 Å². The maximum Gasteiger partial charge on any atom is 0.255 e. The van der Waals surface area contributed by atoms with E-state index in [1.807, 2.05) is 12.1 Å². The molecule has 0 saturated heterocycles. The smallest absolute Gasteiger partial charge is 0.255 e. The number of amides is 1. The Morgan fingerprint density at radius 3 is 2.34 bits per heavy atom. The molecule has 0 aromatic heterocycles. The van der Waals surface area contributed by atoms with Crippen molar-refractivity contribution in [2.75, 3.05) is 33.8 Å². The van der Waals surface area contributed by atoms with E-state index in [4.69, 9.17) is 42.8 Å². The van der Waals surface area contributed by atoms with Crippen LogP contribution < -0.4 is 34.9 Å². The van der Waals surface area contributed by atoms with Crippen molar-refractivity contribution in [3.05, 3.63) is 52.2 Å². The molecule has 170 valence electrons. The molecule has 0 fully saturated rings. The van der Waals surface area contributed by atoms with E-state index in [1.54, 1.807) is 39.3 Å². The van der Waals surface area contributed by atoms with Gasteiger partial charge in [0.1, 0.15) is 11.5 Å². The van der Waals surface area contributed by atoms with Crippen LogP contribution in [-0.4, -0.2) is 39.5 Å². The highest BCUT2D eigenvalue weighted by molar-refractivity contribution is 7.80. The number of methoxy groups -OCH3 is 4. The molecule has 1 amide bonds. The Balaban J connectivity index is 2.06. The Morgan fingerprint density at radius 2 is 1.72 bits per heavy atom. The van der Waals surface area contributed by atoms with Crippen molar-refractivity contribution in [1.82, 2.24) is 10.6 Å². The Morgan fingerprint density at radius 1 is 1.03 bits per heavy atom. The molecule has 32 heavy (non-hydrogen) atoms. The quantitative estimate of drug-likeness (QED) is 0.519. The van der Waals surface area contributed by atoms with Crippen molar-refractivity contribution in [1.29, 1.82) is 0 Å². The van der Waals surface area contributed by atoms with E-state index in [-0.39, 0.29) is 5.91 Å². The van der Waals surface area contributed by atoms with E-state index in [9.17, 15) is 4.79 Å². The molecule has 1 atom stereocenters. The van der Waals surface area contributed by atoms with Gasteiger partial charge in [0.15, 0.2) is 16.6 Å². The summed E-state index contributed by atoms with van der Waals surface area (Å²) in [5.41, 5.74) is 2.12. The normalized spacial score (nSPS) is 15.4. The molecule has 0 radical (unpaired) electrons. The molecular formula is C22H24ClN3O5S. The molecule has 10 heteroatoms. The lowest BCUT2D eigenvalue weighted by Crippen LogP contribution is -2.45. The minimum Gasteiger partial charge on any atom is -0.495 e. The fraction of sp³-hybridized carbons (Fsp3) is 0.273. The monoisotopic (exact) mass is 477 g/mol. The molecule has 0 spiro atoms. The van der Waals surface area contributed by atoms with Gasteiger partial charge < -0.3 is 34.9 Å². The van der Waals surface area contributed by atoms with Crippen LogP contribution in [0.2, 0.25) is 5.02 Å². The Labute approximate surface area is 196 Å². The number of hydrogen-bond acceptors (Lipinski definition) is 6. The summed E-state index contributed by atoms with van der Waals surface area (Å²) in [6.07, 6.45) is 0. The fourth-order valence-electron chi connectivity index (χ4n) is 3.52. The summed E-state index contributed by atoms with van der Waals surface area (Å²) in [6.45, 7) is 1.78. The van der Waals surface area contributed by atoms with Crippen molar-refractivity contribution >= 4 is 40.5 Å². The first kappa shape index (κ1) is 23.5. The van der Waals surface area contributed by atoms with Crippen LogP contribution in [0.4, 0.5) is 5.69 Å². The van der Waals surface area contributed by atoms with Gasteiger partial charge in [-0.2, -0.15) is 0 Å². The SMILES string of the molecule is COc1cc(NC(=O)C2=C(C)NC(=S)N[C@H]2c2cccc(OC)c2OC)c(OC)cc1Cl. The van der Waals surface area contributed by atoms with E-state index in [0.717, 1.165) is 0 Å². The van der Waals surface area contributed by atoms with Gasteiger partial charge in [-0.3, -0.25) is 4.79 Å². The zero-order valence-corrected chi connectivity index (χ0v) is 19.9. The highest BCUT2D eigenvalue weighted by atomic mass is 35.5. The number of carbonyl (C=O) groups excluding carboxylic acids is 1. The number of hydrogen-bond donors (Lipinski definition) is 3. The second kappa shape index (κ2) is 9.97. The van der Waals surface area contributed by atoms with Crippen molar-refractivity contribution in [2.24, 2.45) is 0 Å². The Hall–Kier alpha value is -3.17. The standard InChI is InChI=1S/C22H24ClN3O5S/c1-11-18(21(27)25-14-10-16(29-3)13(23)9-17(14)30-4)19(26-22(32)24-11)12-7-6-8-15(28-2)20(12)31-5/h6-10,19H,1-5H3,(H,25,27)(H2,24,26,32)/t19-/m0/s1. The third kappa shape index (κ3) is 4.53. The number of allylic oxidation sites excluding steroid dienone is 1. The van der Waals surface area contributed by atoms with Crippen LogP contribution >= 0.6 is 23.8 Å². The average molecular weight is 478 g/mol. The van der Waals surface area contributed by atoms with Crippen molar-refractivity contribution in [3.63, 3.8) is 0 Å². The van der Waals surface area contributed by atoms with Crippen LogP contribution in [0.5, 0.6) is 23.0 Å². The second-order valence-electron chi connectivity index (χ2n) is 6.79. The predicted molar refractivity (Wildman–Crippen MR) is 127 cm³/mol. The summed E-state index contributed by atoms with van der Waals surface area (Å²) in [7, 11) is 6.08. The van der Waals surface area contributed by atoms with Gasteiger partial charge in [0, 0.05) is 23.4 Å². The van der Waals surface area contributed by atoms with Gasteiger partial charge in [0.25, 0.3) is 5.91 Å². The van der Waals surface area contributed by atoms with Gasteiger partial charge in [0.05, 0.1) is 50.8 Å². The minimum absolute atomic E-state index is 0.364. The van der Waals surface area contributed by atoms with Gasteiger partial charge in [-0.05, 0) is 25.2 Å². The van der Waals surface area contributed by atoms with Crippen molar-refractivity contribution in [2.45, 2.75) is 13.0 Å². The molecule has 1 heterocycles. The maximum atomic E-state index is 13.5. The third-order valence-corrected chi connectivity index (χ3v) is 5.50. The van der Waals surface area contributed by atoms with Crippen LogP contribution in [-0.2, 0) is 4.79 Å². The van der Waals surface area contributed by atoms with E-state index in [2.05, 4.69) is 16.0 Å². The van der Waals surface area contributed by atoms with Crippen LogP contribution in [0.15, 0.2) is 41.6 Å². The molecule has 0 bridgehead atoms. The first-order valence-electron chi connectivity index (χ1n) is 9.56. The van der Waals surface area contributed by atoms with Crippen LogP contribution in [0.3, 0.4) is 0 Å². The van der Waals surface area contributed by atoms with E-state index < -0.39 is 6.04 Å². The summed E-state index contributed by atoms with van der Waals surface area (Å²) in [6, 6.07) is 8.04. The van der Waals surface area contributed by atoms with Gasteiger partial charge in [-0.25, -0.2) is 0 Å². The van der Waals surface area contributed by atoms with Gasteiger partial charge in [-0.15, -0.1) is 0 Å². The number of ether oxygens (including phenoxy) is 4. The molecule has 3 rings (SSSR count). The summed E-state index contributed by atoms with van der Waals surface area (Å²) in [5.74, 6) is 1.46. The summed E-state index contributed by atoms with van der Waals surface area (Å²) in [4.78, 5) is 13.5. The molecule has 8 nitrogen and oxygen atoms in total. The highest BCUT2D eigenvalue weighted by Crippen LogP contribution is 2.40. The van der Waals surface area contributed by atoms with E-state index in [1.165, 1.54) is 14.2 Å². The Bertz CT molecular complexity index is 1090. The van der Waals surface area contributed by atoms with E-state index in [0.29, 0.717) is 55.7 Å². The molecule has 0 saturated carbocycles. The number of carbonyl (C=O) groups is 1. The number of thiocarbonyl (C=S) groups is 1. The van der Waals surface area contributed by atoms with E-state index >= 15 is 0 Å². The molecule has 1 aliphatic rings. The third-order valence-electron chi connectivity index (χ3n) is 4.98. The van der Waals surface area contributed by atoms with Gasteiger partial charge in [-0.1, -0.05) is 23.7 Å². The van der Waals surface area contributed by atoms with Crippen molar-refractivity contribution < 1.29 is 23.7 Å². The predicted octanol–water partition coefficient (Wildman–Crippen LogP) is 3.81. The average Bonchev–Trinajstić information content (AvgIpc) is 2.78. The zero-order valence-electron chi connectivity index (χ0n) is 18.3. The number of anilines is 1. The lowest BCUT2D eigenvalue weighted by Gasteiger charge is -2.31. The molecular weight excluding hydrogens is 454 g/mol. The maximum absolute atomic E-state index is 13.5. The van der Waals surface area contributed by atoms with Crippen LogP contribution in [0.25, 0.3) is 0 Å². The van der Waals surface area contributed by atoms with Crippen LogP contribution in [0.1, 0.15) is 18.5 Å². The highest BCUT2D eigenvalue weighted by Gasteiger charge is 2.33. The second-order valence-corrected chi connectivity index (χ2v) is 7.61. The minimum atomic E-state index is -0.589. The lowest BCUT2D eigenvalue weighted by molar-refractivity contribution is -0.113. The number of para-hydroxylation sites is 1. The molecule has 3 N–H and O–H groups in total. The van der Waals surface area contributed by atoms with Gasteiger partial charge in [0.2, 0.25) is 0 Å². The molecule has 2 aromatic rings. The molecule has 0 unspecified atom stereocenters. The summed E-state index contributed by atoms with van der Waals surface area (Å²) in [5, 5.41) is 9.81. The number of rotatable bonds is 7. The lowest BCUT2D eigenvalue weighted by atomic mass is 9.93.